The highest BCUT2D eigenvalue weighted by Crippen LogP contribution is 2.18. The van der Waals surface area contributed by atoms with Crippen LogP contribution in [0.15, 0.2) is 61.1 Å². The lowest BCUT2D eigenvalue weighted by Gasteiger charge is -2.07. The van der Waals surface area contributed by atoms with Crippen LogP contribution >= 0.6 is 0 Å². The summed E-state index contributed by atoms with van der Waals surface area (Å²) in [6.45, 7) is 0. The van der Waals surface area contributed by atoms with Gasteiger partial charge in [0.1, 0.15) is 0 Å². The number of benzene rings is 1. The minimum absolute atomic E-state index is 0.257. The van der Waals surface area contributed by atoms with Crippen LogP contribution in [0.3, 0.4) is 0 Å². The quantitative estimate of drug-likeness (QED) is 0.557. The predicted octanol–water partition coefficient (Wildman–Crippen LogP) is 1.79. The van der Waals surface area contributed by atoms with E-state index in [2.05, 4.69) is 36.2 Å². The number of nitrogens with zero attached hydrogens (tertiary/aromatic N) is 7. The first-order chi connectivity index (χ1) is 13.2. The number of aromatic nitrogens is 7. The van der Waals surface area contributed by atoms with Gasteiger partial charge in [-0.3, -0.25) is 9.48 Å². The van der Waals surface area contributed by atoms with Crippen molar-refractivity contribution in [2.45, 2.75) is 0 Å². The number of rotatable bonds is 5. The molecule has 0 radical (unpaired) electrons. The Balaban J connectivity index is 1.39. The van der Waals surface area contributed by atoms with Gasteiger partial charge in [0.15, 0.2) is 17.3 Å². The van der Waals surface area contributed by atoms with Gasteiger partial charge in [0.05, 0.1) is 6.20 Å². The van der Waals surface area contributed by atoms with Gasteiger partial charge < -0.3 is 10.6 Å². The Morgan fingerprint density at radius 3 is 2.44 bits per heavy atom. The largest absolute Gasteiger partial charge is 0.339 e. The van der Waals surface area contributed by atoms with Crippen molar-refractivity contribution in [3.63, 3.8) is 0 Å². The third-order valence-electron chi connectivity index (χ3n) is 3.64. The molecule has 0 aliphatic heterocycles. The van der Waals surface area contributed by atoms with Gasteiger partial charge in [-0.05, 0) is 42.5 Å². The molecular weight excluding hydrogens is 346 g/mol. The Bertz CT molecular complexity index is 1040. The van der Waals surface area contributed by atoms with E-state index in [1.54, 1.807) is 42.5 Å². The van der Waals surface area contributed by atoms with Crippen molar-refractivity contribution in [1.29, 1.82) is 0 Å². The van der Waals surface area contributed by atoms with E-state index in [9.17, 15) is 4.79 Å². The monoisotopic (exact) mass is 361 g/mol. The number of nitrogens with one attached hydrogen (secondary N) is 2. The van der Waals surface area contributed by atoms with Crippen LogP contribution in [0, 0.1) is 0 Å². The molecule has 0 spiro atoms. The normalized spacial score (nSPS) is 10.6. The van der Waals surface area contributed by atoms with Crippen molar-refractivity contribution in [3.8, 4) is 5.82 Å². The number of hydrogen-bond acceptors (Lipinski definition) is 7. The van der Waals surface area contributed by atoms with Crippen molar-refractivity contribution >= 4 is 23.1 Å². The molecule has 0 saturated carbocycles. The van der Waals surface area contributed by atoms with E-state index in [0.717, 1.165) is 5.69 Å². The molecule has 0 saturated heterocycles. The predicted molar refractivity (Wildman–Crippen MR) is 97.8 cm³/mol. The summed E-state index contributed by atoms with van der Waals surface area (Å²) >= 11 is 0. The van der Waals surface area contributed by atoms with Crippen LogP contribution in [-0.4, -0.2) is 40.9 Å². The number of carbonyl (C=O) groups is 1. The number of anilines is 3. The molecule has 134 valence electrons. The van der Waals surface area contributed by atoms with Crippen LogP contribution in [0.4, 0.5) is 17.2 Å². The molecule has 0 atom stereocenters. The summed E-state index contributed by atoms with van der Waals surface area (Å²) in [5.41, 5.74) is 1.72. The van der Waals surface area contributed by atoms with Crippen LogP contribution in [0.25, 0.3) is 5.82 Å². The third kappa shape index (κ3) is 3.79. The van der Waals surface area contributed by atoms with Gasteiger partial charge in [0.2, 0.25) is 0 Å². The molecular formula is C17H15N9O. The fourth-order valence-corrected chi connectivity index (χ4v) is 2.35. The first-order valence-electron chi connectivity index (χ1n) is 8.06. The summed E-state index contributed by atoms with van der Waals surface area (Å²) in [7, 11) is 1.70. The third-order valence-corrected chi connectivity index (χ3v) is 3.64. The van der Waals surface area contributed by atoms with Crippen molar-refractivity contribution in [1.82, 2.24) is 35.0 Å². The van der Waals surface area contributed by atoms with Gasteiger partial charge in [0, 0.05) is 30.8 Å². The Labute approximate surface area is 153 Å². The number of hydrogen-bond donors (Lipinski definition) is 2. The number of carbonyl (C=O) groups excluding carboxylic acids is 1. The average Bonchev–Trinajstić information content (AvgIpc) is 3.36. The zero-order chi connectivity index (χ0) is 18.6. The molecule has 0 unspecified atom stereocenters. The maximum Gasteiger partial charge on any atom is 0.277 e. The Morgan fingerprint density at radius 2 is 1.81 bits per heavy atom. The summed E-state index contributed by atoms with van der Waals surface area (Å²) < 4.78 is 3.10. The van der Waals surface area contributed by atoms with E-state index in [4.69, 9.17) is 0 Å². The van der Waals surface area contributed by atoms with Crippen molar-refractivity contribution < 1.29 is 4.79 Å². The number of aryl methyl sites for hydroxylation is 1. The average molecular weight is 361 g/mol. The molecule has 1 aromatic carbocycles. The smallest absolute Gasteiger partial charge is 0.277 e. The highest BCUT2D eigenvalue weighted by Gasteiger charge is 2.10. The molecule has 4 rings (SSSR count). The highest BCUT2D eigenvalue weighted by molar-refractivity contribution is 6.02. The van der Waals surface area contributed by atoms with E-state index < -0.39 is 0 Å². The molecule has 3 heterocycles. The summed E-state index contributed by atoms with van der Waals surface area (Å²) in [5, 5.41) is 25.8. The van der Waals surface area contributed by atoms with E-state index >= 15 is 0 Å². The molecule has 2 N–H and O–H groups in total. The van der Waals surface area contributed by atoms with Crippen molar-refractivity contribution in [2.75, 3.05) is 10.6 Å². The Hall–Kier alpha value is -4.08. The summed E-state index contributed by atoms with van der Waals surface area (Å²) in [6.07, 6.45) is 5.03. The molecule has 10 heteroatoms. The molecule has 0 bridgehead atoms. The lowest BCUT2D eigenvalue weighted by molar-refractivity contribution is 0.102. The van der Waals surface area contributed by atoms with Gasteiger partial charge in [-0.1, -0.05) is 5.21 Å². The fraction of sp³-hybridized carbons (Fsp3) is 0.0588. The van der Waals surface area contributed by atoms with E-state index in [1.807, 2.05) is 30.3 Å². The lowest BCUT2D eigenvalue weighted by Crippen LogP contribution is -2.12. The topological polar surface area (TPSA) is 115 Å². The maximum atomic E-state index is 12.1. The minimum atomic E-state index is -0.316. The van der Waals surface area contributed by atoms with E-state index in [1.165, 1.54) is 4.68 Å². The van der Waals surface area contributed by atoms with Crippen LogP contribution in [-0.2, 0) is 7.05 Å². The Kier molecular flexibility index (Phi) is 4.27. The second-order valence-corrected chi connectivity index (χ2v) is 5.66. The molecule has 0 aliphatic carbocycles. The second-order valence-electron chi connectivity index (χ2n) is 5.66. The molecule has 3 aromatic heterocycles. The second kappa shape index (κ2) is 7.04. The van der Waals surface area contributed by atoms with Crippen molar-refractivity contribution in [3.05, 3.63) is 66.7 Å². The molecule has 10 nitrogen and oxygen atoms in total. The molecule has 4 aromatic rings. The van der Waals surface area contributed by atoms with E-state index in [0.29, 0.717) is 17.3 Å². The standard InChI is InChI=1S/C17H15N9O/c1-25-11-14(21-24-25)17(27)20-13-5-3-12(4-6-13)19-15-7-8-16(23-22-15)26-10-2-9-18-26/h2-11H,1H3,(H,19,22)(H,20,27). The molecule has 27 heavy (non-hydrogen) atoms. The maximum absolute atomic E-state index is 12.1. The van der Waals surface area contributed by atoms with Crippen LogP contribution in [0.2, 0.25) is 0 Å². The number of amides is 1. The molecule has 1 amide bonds. The lowest BCUT2D eigenvalue weighted by atomic mass is 10.2. The molecule has 0 fully saturated rings. The minimum Gasteiger partial charge on any atom is -0.339 e. The van der Waals surface area contributed by atoms with Crippen LogP contribution in [0.1, 0.15) is 10.5 Å². The summed E-state index contributed by atoms with van der Waals surface area (Å²) in [5.74, 6) is 0.916. The Morgan fingerprint density at radius 1 is 1.00 bits per heavy atom. The van der Waals surface area contributed by atoms with Gasteiger partial charge in [-0.15, -0.1) is 15.3 Å². The molecule has 0 aliphatic rings. The highest BCUT2D eigenvalue weighted by atomic mass is 16.2. The van der Waals surface area contributed by atoms with Gasteiger partial charge >= 0.3 is 0 Å². The summed E-state index contributed by atoms with van der Waals surface area (Å²) in [6, 6.07) is 12.7. The van der Waals surface area contributed by atoms with Crippen LogP contribution < -0.4 is 10.6 Å². The fourth-order valence-electron chi connectivity index (χ4n) is 2.35. The zero-order valence-electron chi connectivity index (χ0n) is 14.3. The first-order valence-corrected chi connectivity index (χ1v) is 8.06. The summed E-state index contributed by atoms with van der Waals surface area (Å²) in [4.78, 5) is 12.1. The van der Waals surface area contributed by atoms with E-state index in [-0.39, 0.29) is 11.6 Å². The SMILES string of the molecule is Cn1cc(C(=O)Nc2ccc(Nc3ccc(-n4cccn4)nn3)cc2)nn1. The first kappa shape index (κ1) is 16.4. The van der Waals surface area contributed by atoms with Crippen LogP contribution in [0.5, 0.6) is 0 Å². The van der Waals surface area contributed by atoms with Crippen molar-refractivity contribution in [2.24, 2.45) is 7.05 Å². The van der Waals surface area contributed by atoms with Gasteiger partial charge in [-0.2, -0.15) is 5.10 Å². The zero-order valence-corrected chi connectivity index (χ0v) is 14.3. The van der Waals surface area contributed by atoms with Gasteiger partial charge in [-0.25, -0.2) is 4.68 Å². The van der Waals surface area contributed by atoms with Gasteiger partial charge in [0.25, 0.3) is 5.91 Å².